The topological polar surface area (TPSA) is 54.5 Å². The van der Waals surface area contributed by atoms with Crippen LogP contribution < -0.4 is 0 Å². The number of amides is 1. The van der Waals surface area contributed by atoms with Crippen molar-refractivity contribution in [2.75, 3.05) is 18.6 Å². The van der Waals surface area contributed by atoms with Gasteiger partial charge in [0, 0.05) is 13.1 Å². The zero-order valence-corrected chi connectivity index (χ0v) is 13.0. The van der Waals surface area contributed by atoms with Crippen molar-refractivity contribution in [3.05, 3.63) is 34.9 Å². The number of carbonyl (C=O) groups excluding carboxylic acids is 1. The number of rotatable bonds is 3. The smallest absolute Gasteiger partial charge is 0.227 e. The number of likely N-dealkylation sites (N-methyl/N-ethyl adjacent to an activating group) is 1. The first kappa shape index (κ1) is 15.0. The van der Waals surface area contributed by atoms with Gasteiger partial charge in [0.1, 0.15) is 0 Å². The predicted molar refractivity (Wildman–Crippen MR) is 79.4 cm³/mol. The molecule has 5 heteroatoms. The highest BCUT2D eigenvalue weighted by molar-refractivity contribution is 7.91. The summed E-state index contributed by atoms with van der Waals surface area (Å²) in [7, 11) is -1.25. The number of aryl methyl sites for hydroxylation is 2. The van der Waals surface area contributed by atoms with Crippen molar-refractivity contribution in [2.24, 2.45) is 0 Å². The number of hydrogen-bond acceptors (Lipinski definition) is 3. The first-order chi connectivity index (χ1) is 9.28. The van der Waals surface area contributed by atoms with Gasteiger partial charge >= 0.3 is 0 Å². The van der Waals surface area contributed by atoms with Crippen LogP contribution in [0.1, 0.15) is 23.1 Å². The average molecular weight is 295 g/mol. The molecule has 1 heterocycles. The monoisotopic (exact) mass is 295 g/mol. The van der Waals surface area contributed by atoms with Crippen molar-refractivity contribution in [3.8, 4) is 0 Å². The van der Waals surface area contributed by atoms with Gasteiger partial charge in [-0.05, 0) is 31.4 Å². The molecule has 4 nitrogen and oxygen atoms in total. The van der Waals surface area contributed by atoms with E-state index in [1.165, 1.54) is 0 Å². The lowest BCUT2D eigenvalue weighted by Gasteiger charge is -2.23. The van der Waals surface area contributed by atoms with E-state index < -0.39 is 9.84 Å². The maximum Gasteiger partial charge on any atom is 0.227 e. The molecule has 0 saturated carbocycles. The predicted octanol–water partition coefficient (Wildman–Crippen LogP) is 1.49. The van der Waals surface area contributed by atoms with Gasteiger partial charge in [-0.15, -0.1) is 0 Å². The van der Waals surface area contributed by atoms with Gasteiger partial charge in [0.05, 0.1) is 17.9 Å². The average Bonchev–Trinajstić information content (AvgIpc) is 2.73. The summed E-state index contributed by atoms with van der Waals surface area (Å²) >= 11 is 0. The summed E-state index contributed by atoms with van der Waals surface area (Å²) in [5.74, 6) is 0.279. The van der Waals surface area contributed by atoms with E-state index in [0.717, 1.165) is 16.7 Å². The molecule has 0 N–H and O–H groups in total. The van der Waals surface area contributed by atoms with Crippen LogP contribution in [0.4, 0.5) is 0 Å². The van der Waals surface area contributed by atoms with E-state index in [1.807, 2.05) is 32.0 Å². The van der Waals surface area contributed by atoms with E-state index in [4.69, 9.17) is 0 Å². The summed E-state index contributed by atoms with van der Waals surface area (Å²) < 4.78 is 23.0. The number of benzene rings is 1. The molecule has 1 aromatic rings. The lowest BCUT2D eigenvalue weighted by Crippen LogP contribution is -2.38. The Kier molecular flexibility index (Phi) is 4.18. The molecule has 1 amide bonds. The molecule has 0 radical (unpaired) electrons. The van der Waals surface area contributed by atoms with E-state index in [0.29, 0.717) is 12.8 Å². The minimum Gasteiger partial charge on any atom is -0.341 e. The molecular weight excluding hydrogens is 274 g/mol. The maximum atomic E-state index is 12.3. The highest BCUT2D eigenvalue weighted by Crippen LogP contribution is 2.18. The van der Waals surface area contributed by atoms with Crippen molar-refractivity contribution < 1.29 is 13.2 Å². The SMILES string of the molecule is Cc1ccc(C)c(CC(=O)N(C)C2CCS(=O)(=O)C2)c1. The van der Waals surface area contributed by atoms with Crippen LogP contribution in [-0.4, -0.2) is 43.8 Å². The third-order valence-corrected chi connectivity index (χ3v) is 5.75. The number of carbonyl (C=O) groups is 1. The van der Waals surface area contributed by atoms with E-state index in [2.05, 4.69) is 0 Å². The fourth-order valence-electron chi connectivity index (χ4n) is 2.56. The molecule has 20 heavy (non-hydrogen) atoms. The van der Waals surface area contributed by atoms with Gasteiger partial charge in [0.2, 0.25) is 5.91 Å². The Hall–Kier alpha value is -1.36. The third kappa shape index (κ3) is 3.39. The zero-order chi connectivity index (χ0) is 14.9. The van der Waals surface area contributed by atoms with Crippen LogP contribution in [0.25, 0.3) is 0 Å². The fourth-order valence-corrected chi connectivity index (χ4v) is 4.34. The molecule has 1 atom stereocenters. The Labute approximate surface area is 120 Å². The molecule has 2 rings (SSSR count). The highest BCUT2D eigenvalue weighted by Gasteiger charge is 2.32. The second kappa shape index (κ2) is 5.56. The normalized spacial score (nSPS) is 20.9. The van der Waals surface area contributed by atoms with Gasteiger partial charge in [0.25, 0.3) is 0 Å². The van der Waals surface area contributed by atoms with Gasteiger partial charge in [-0.25, -0.2) is 8.42 Å². The summed E-state index contributed by atoms with van der Waals surface area (Å²) in [4.78, 5) is 13.9. The second-order valence-electron chi connectivity index (χ2n) is 5.67. The first-order valence-electron chi connectivity index (χ1n) is 6.81. The highest BCUT2D eigenvalue weighted by atomic mass is 32.2. The van der Waals surface area contributed by atoms with Gasteiger partial charge in [-0.3, -0.25) is 4.79 Å². The molecule has 1 aliphatic heterocycles. The first-order valence-corrected chi connectivity index (χ1v) is 8.63. The van der Waals surface area contributed by atoms with Crippen LogP contribution in [0.5, 0.6) is 0 Å². The van der Waals surface area contributed by atoms with Crippen molar-refractivity contribution in [1.82, 2.24) is 4.90 Å². The minimum atomic E-state index is -2.96. The summed E-state index contributed by atoms with van der Waals surface area (Å²) in [6, 6.07) is 5.89. The van der Waals surface area contributed by atoms with Crippen LogP contribution in [0.15, 0.2) is 18.2 Å². The van der Waals surface area contributed by atoms with Gasteiger partial charge < -0.3 is 4.90 Å². The Morgan fingerprint density at radius 1 is 1.35 bits per heavy atom. The van der Waals surface area contributed by atoms with Crippen LogP contribution in [-0.2, 0) is 21.1 Å². The Bertz CT molecular complexity index is 622. The largest absolute Gasteiger partial charge is 0.341 e. The Morgan fingerprint density at radius 3 is 2.65 bits per heavy atom. The number of hydrogen-bond donors (Lipinski definition) is 0. The lowest BCUT2D eigenvalue weighted by atomic mass is 10.0. The number of nitrogens with zero attached hydrogens (tertiary/aromatic N) is 1. The molecule has 1 unspecified atom stereocenters. The van der Waals surface area contributed by atoms with E-state index in [9.17, 15) is 13.2 Å². The Morgan fingerprint density at radius 2 is 2.05 bits per heavy atom. The Balaban J connectivity index is 2.06. The van der Waals surface area contributed by atoms with Gasteiger partial charge in [0.15, 0.2) is 9.84 Å². The van der Waals surface area contributed by atoms with Crippen molar-refractivity contribution in [3.63, 3.8) is 0 Å². The maximum absolute atomic E-state index is 12.3. The number of sulfone groups is 1. The van der Waals surface area contributed by atoms with Gasteiger partial charge in [-0.2, -0.15) is 0 Å². The molecular formula is C15H21NO3S. The molecule has 1 saturated heterocycles. The summed E-state index contributed by atoms with van der Waals surface area (Å²) in [5, 5.41) is 0. The summed E-state index contributed by atoms with van der Waals surface area (Å²) in [6.07, 6.45) is 0.887. The van der Waals surface area contributed by atoms with Crippen LogP contribution in [0.2, 0.25) is 0 Å². The summed E-state index contributed by atoms with van der Waals surface area (Å²) in [6.45, 7) is 3.99. The fraction of sp³-hybridized carbons (Fsp3) is 0.533. The second-order valence-corrected chi connectivity index (χ2v) is 7.90. The minimum absolute atomic E-state index is 0.0131. The molecule has 0 aliphatic carbocycles. The van der Waals surface area contributed by atoms with Crippen LogP contribution in [0, 0.1) is 13.8 Å². The van der Waals surface area contributed by atoms with Crippen LogP contribution in [0.3, 0.4) is 0 Å². The summed E-state index contributed by atoms with van der Waals surface area (Å²) in [5.41, 5.74) is 3.24. The van der Waals surface area contributed by atoms with Crippen molar-refractivity contribution in [1.29, 1.82) is 0 Å². The van der Waals surface area contributed by atoms with E-state index in [-0.39, 0.29) is 23.5 Å². The molecule has 1 aromatic carbocycles. The van der Waals surface area contributed by atoms with Crippen LogP contribution >= 0.6 is 0 Å². The molecule has 0 bridgehead atoms. The van der Waals surface area contributed by atoms with Crippen molar-refractivity contribution >= 4 is 15.7 Å². The third-order valence-electron chi connectivity index (χ3n) is 4.00. The quantitative estimate of drug-likeness (QED) is 0.849. The van der Waals surface area contributed by atoms with E-state index >= 15 is 0 Å². The van der Waals surface area contributed by atoms with Gasteiger partial charge in [-0.1, -0.05) is 23.8 Å². The molecule has 0 aromatic heterocycles. The van der Waals surface area contributed by atoms with Crippen molar-refractivity contribution in [2.45, 2.75) is 32.7 Å². The zero-order valence-electron chi connectivity index (χ0n) is 12.2. The molecule has 0 spiro atoms. The standard InChI is InChI=1S/C15H21NO3S/c1-11-4-5-12(2)13(8-11)9-15(17)16(3)14-6-7-20(18,19)10-14/h4-5,8,14H,6-7,9-10H2,1-3H3. The molecule has 1 fully saturated rings. The lowest BCUT2D eigenvalue weighted by molar-refractivity contribution is -0.130. The molecule has 110 valence electrons. The molecule has 1 aliphatic rings. The van der Waals surface area contributed by atoms with E-state index in [1.54, 1.807) is 11.9 Å².